The molecule has 1 aromatic heterocycles. The van der Waals surface area contributed by atoms with Gasteiger partial charge in [0, 0.05) is 6.54 Å². The van der Waals surface area contributed by atoms with E-state index < -0.39 is 0 Å². The van der Waals surface area contributed by atoms with Crippen molar-refractivity contribution in [3.05, 3.63) is 35.3 Å². The third kappa shape index (κ3) is 2.12. The maximum absolute atomic E-state index is 4.66. The highest BCUT2D eigenvalue weighted by Crippen LogP contribution is 2.28. The third-order valence-electron chi connectivity index (χ3n) is 2.63. The summed E-state index contributed by atoms with van der Waals surface area (Å²) >= 11 is 1.80. The molecule has 0 bridgehead atoms. The summed E-state index contributed by atoms with van der Waals surface area (Å²) in [5.41, 5.74) is 2.52. The molecule has 16 heavy (non-hydrogen) atoms. The van der Waals surface area contributed by atoms with Gasteiger partial charge in [-0.3, -0.25) is 0 Å². The number of hydrogen-bond acceptors (Lipinski definition) is 3. The monoisotopic (exact) mass is 252 g/mol. The molecule has 1 aliphatic heterocycles. The number of fused-ring (bicyclic) bond motifs is 1. The van der Waals surface area contributed by atoms with Crippen LogP contribution >= 0.6 is 23.7 Å². The first-order valence-corrected chi connectivity index (χ1v) is 6.01. The molecular formula is C12H13ClN2S. The molecule has 0 atom stereocenters. The predicted molar refractivity (Wildman–Crippen MR) is 72.3 cm³/mol. The number of nitrogens with one attached hydrogen (secondary N) is 1. The van der Waals surface area contributed by atoms with E-state index in [-0.39, 0.29) is 12.4 Å². The standard InChI is InChI=1S/C12H12N2S.ClH/c1-2-4-11-10(3-1)14-12(15-11)9-5-7-13-8-6-9;/h1-5,13H,6-8H2;1H. The van der Waals surface area contributed by atoms with Crippen LogP contribution in [0.1, 0.15) is 11.4 Å². The topological polar surface area (TPSA) is 24.9 Å². The van der Waals surface area contributed by atoms with Crippen LogP contribution < -0.4 is 5.32 Å². The van der Waals surface area contributed by atoms with Crippen LogP contribution in [0.4, 0.5) is 0 Å². The van der Waals surface area contributed by atoms with Gasteiger partial charge >= 0.3 is 0 Å². The summed E-state index contributed by atoms with van der Waals surface area (Å²) in [5, 5.41) is 4.51. The van der Waals surface area contributed by atoms with Crippen molar-refractivity contribution >= 4 is 39.5 Å². The SMILES string of the molecule is C1=C(c2nc3ccccc3s2)CCNC1.Cl. The summed E-state index contributed by atoms with van der Waals surface area (Å²) in [7, 11) is 0. The van der Waals surface area contributed by atoms with Crippen LogP contribution in [0.5, 0.6) is 0 Å². The van der Waals surface area contributed by atoms with E-state index in [9.17, 15) is 0 Å². The molecule has 2 aromatic rings. The van der Waals surface area contributed by atoms with Gasteiger partial charge in [-0.05, 0) is 30.7 Å². The first-order valence-electron chi connectivity index (χ1n) is 5.19. The molecule has 0 amide bonds. The quantitative estimate of drug-likeness (QED) is 0.844. The van der Waals surface area contributed by atoms with Gasteiger partial charge in [0.25, 0.3) is 0 Å². The zero-order valence-corrected chi connectivity index (χ0v) is 10.4. The molecule has 0 aliphatic carbocycles. The minimum atomic E-state index is 0. The van der Waals surface area contributed by atoms with E-state index in [0.717, 1.165) is 25.0 Å². The molecule has 1 aromatic carbocycles. The number of aromatic nitrogens is 1. The van der Waals surface area contributed by atoms with Gasteiger partial charge in [0.15, 0.2) is 0 Å². The number of nitrogens with zero attached hydrogens (tertiary/aromatic N) is 1. The number of hydrogen-bond donors (Lipinski definition) is 1. The third-order valence-corrected chi connectivity index (χ3v) is 3.74. The Morgan fingerprint density at radius 1 is 1.25 bits per heavy atom. The van der Waals surface area contributed by atoms with E-state index in [0.29, 0.717) is 0 Å². The van der Waals surface area contributed by atoms with Crippen molar-refractivity contribution in [2.24, 2.45) is 0 Å². The molecule has 2 nitrogen and oxygen atoms in total. The molecule has 0 radical (unpaired) electrons. The first kappa shape index (κ1) is 11.6. The Kier molecular flexibility index (Phi) is 3.59. The Bertz CT molecular complexity index is 485. The molecule has 0 spiro atoms. The van der Waals surface area contributed by atoms with Crippen molar-refractivity contribution in [3.8, 4) is 0 Å². The van der Waals surface area contributed by atoms with Crippen molar-refractivity contribution in [1.82, 2.24) is 10.3 Å². The second kappa shape index (κ2) is 4.95. The average molecular weight is 253 g/mol. The summed E-state index contributed by atoms with van der Waals surface area (Å²) < 4.78 is 1.28. The Balaban J connectivity index is 0.000000963. The molecule has 84 valence electrons. The van der Waals surface area contributed by atoms with E-state index in [4.69, 9.17) is 0 Å². The molecule has 0 saturated carbocycles. The Hall–Kier alpha value is -0.900. The molecule has 1 N–H and O–H groups in total. The predicted octanol–water partition coefficient (Wildman–Crippen LogP) is 3.09. The molecule has 2 heterocycles. The van der Waals surface area contributed by atoms with Crippen molar-refractivity contribution < 1.29 is 0 Å². The fourth-order valence-electron chi connectivity index (χ4n) is 1.83. The van der Waals surface area contributed by atoms with Crippen LogP contribution in [0, 0.1) is 0 Å². The Morgan fingerprint density at radius 3 is 2.88 bits per heavy atom. The van der Waals surface area contributed by atoms with E-state index >= 15 is 0 Å². The Morgan fingerprint density at radius 2 is 2.12 bits per heavy atom. The highest BCUT2D eigenvalue weighted by molar-refractivity contribution is 7.19. The van der Waals surface area contributed by atoms with Gasteiger partial charge in [0.1, 0.15) is 5.01 Å². The van der Waals surface area contributed by atoms with Gasteiger partial charge in [-0.1, -0.05) is 18.2 Å². The van der Waals surface area contributed by atoms with E-state index in [1.54, 1.807) is 11.3 Å². The van der Waals surface area contributed by atoms with Gasteiger partial charge in [-0.2, -0.15) is 0 Å². The van der Waals surface area contributed by atoms with E-state index in [1.807, 2.05) is 6.07 Å². The molecule has 0 unspecified atom stereocenters. The van der Waals surface area contributed by atoms with Crippen molar-refractivity contribution in [1.29, 1.82) is 0 Å². The lowest BCUT2D eigenvalue weighted by atomic mass is 10.1. The van der Waals surface area contributed by atoms with Gasteiger partial charge in [0.05, 0.1) is 10.2 Å². The average Bonchev–Trinajstić information content (AvgIpc) is 2.74. The highest BCUT2D eigenvalue weighted by atomic mass is 35.5. The molecule has 0 saturated heterocycles. The lowest BCUT2D eigenvalue weighted by Gasteiger charge is -2.10. The molecule has 0 fully saturated rings. The van der Waals surface area contributed by atoms with Gasteiger partial charge in [0.2, 0.25) is 0 Å². The fraction of sp³-hybridized carbons (Fsp3) is 0.250. The van der Waals surface area contributed by atoms with Crippen LogP contribution in [0.25, 0.3) is 15.8 Å². The van der Waals surface area contributed by atoms with Crippen LogP contribution in [0.3, 0.4) is 0 Å². The molecule has 3 rings (SSSR count). The second-order valence-corrected chi connectivity index (χ2v) is 4.70. The minimum Gasteiger partial charge on any atom is -0.313 e. The Labute approximate surface area is 105 Å². The largest absolute Gasteiger partial charge is 0.313 e. The maximum atomic E-state index is 4.66. The lowest BCUT2D eigenvalue weighted by molar-refractivity contribution is 0.738. The highest BCUT2D eigenvalue weighted by Gasteiger charge is 2.10. The number of thiazole rings is 1. The van der Waals surface area contributed by atoms with Gasteiger partial charge < -0.3 is 5.32 Å². The summed E-state index contributed by atoms with van der Waals surface area (Å²) in [4.78, 5) is 4.66. The summed E-state index contributed by atoms with van der Waals surface area (Å²) in [6.07, 6.45) is 3.35. The zero-order valence-electron chi connectivity index (χ0n) is 8.77. The van der Waals surface area contributed by atoms with E-state index in [2.05, 4.69) is 34.6 Å². The zero-order chi connectivity index (χ0) is 10.1. The minimum absolute atomic E-state index is 0. The molecule has 1 aliphatic rings. The summed E-state index contributed by atoms with van der Waals surface area (Å²) in [5.74, 6) is 0. The number of rotatable bonds is 1. The number of benzene rings is 1. The lowest BCUT2D eigenvalue weighted by Crippen LogP contribution is -2.19. The summed E-state index contributed by atoms with van der Waals surface area (Å²) in [6.45, 7) is 2.05. The van der Waals surface area contributed by atoms with Crippen LogP contribution in [0.2, 0.25) is 0 Å². The first-order chi connectivity index (χ1) is 7.43. The van der Waals surface area contributed by atoms with Crippen molar-refractivity contribution in [2.75, 3.05) is 13.1 Å². The van der Waals surface area contributed by atoms with Crippen molar-refractivity contribution in [3.63, 3.8) is 0 Å². The number of halogens is 1. The smallest absolute Gasteiger partial charge is 0.120 e. The van der Waals surface area contributed by atoms with E-state index in [1.165, 1.54) is 15.3 Å². The van der Waals surface area contributed by atoms with Gasteiger partial charge in [-0.15, -0.1) is 23.7 Å². The van der Waals surface area contributed by atoms with Crippen molar-refractivity contribution in [2.45, 2.75) is 6.42 Å². The molecule has 4 heteroatoms. The maximum Gasteiger partial charge on any atom is 0.120 e. The van der Waals surface area contributed by atoms with Gasteiger partial charge in [-0.25, -0.2) is 4.98 Å². The second-order valence-electron chi connectivity index (χ2n) is 3.67. The molecular weight excluding hydrogens is 240 g/mol. The normalized spacial score (nSPS) is 15.6. The fourth-order valence-corrected chi connectivity index (χ4v) is 2.86. The number of para-hydroxylation sites is 1. The van der Waals surface area contributed by atoms with Crippen LogP contribution in [0.15, 0.2) is 30.3 Å². The van der Waals surface area contributed by atoms with Crippen LogP contribution in [-0.4, -0.2) is 18.1 Å². The summed E-state index contributed by atoms with van der Waals surface area (Å²) in [6, 6.07) is 8.33. The van der Waals surface area contributed by atoms with Crippen LogP contribution in [-0.2, 0) is 0 Å².